The van der Waals surface area contributed by atoms with E-state index in [4.69, 9.17) is 0 Å². The van der Waals surface area contributed by atoms with Gasteiger partial charge >= 0.3 is 11.7 Å². The third-order valence-corrected chi connectivity index (χ3v) is 5.36. The molecule has 146 valence electrons. The quantitative estimate of drug-likeness (QED) is 0.627. The highest BCUT2D eigenvalue weighted by Gasteiger charge is 2.24. The summed E-state index contributed by atoms with van der Waals surface area (Å²) >= 11 is 0. The van der Waals surface area contributed by atoms with Gasteiger partial charge in [0.1, 0.15) is 0 Å². The molecule has 9 nitrogen and oxygen atoms in total. The molecule has 0 saturated heterocycles. The van der Waals surface area contributed by atoms with Gasteiger partial charge in [-0.3, -0.25) is 23.1 Å². The molecule has 0 N–H and O–H groups in total. The van der Waals surface area contributed by atoms with Crippen LogP contribution in [-0.2, 0) is 23.1 Å². The summed E-state index contributed by atoms with van der Waals surface area (Å²) in [6.07, 6.45) is 0.862. The predicted molar refractivity (Wildman–Crippen MR) is 101 cm³/mol. The third kappa shape index (κ3) is 2.68. The average molecular weight is 375 g/mol. The number of hydrogen-bond acceptors (Lipinski definition) is 5. The fourth-order valence-electron chi connectivity index (χ4n) is 3.49. The molecular weight excluding hydrogens is 350 g/mol. The van der Waals surface area contributed by atoms with Crippen LogP contribution in [-0.4, -0.2) is 36.2 Å². The van der Waals surface area contributed by atoms with Crippen molar-refractivity contribution in [3.05, 3.63) is 32.2 Å². The molecule has 3 aromatic rings. The van der Waals surface area contributed by atoms with Crippen molar-refractivity contribution in [3.63, 3.8) is 0 Å². The molecule has 0 aromatic carbocycles. The zero-order chi connectivity index (χ0) is 20.0. The van der Waals surface area contributed by atoms with Gasteiger partial charge in [0.15, 0.2) is 11.2 Å². The minimum atomic E-state index is -0.498. The lowest BCUT2D eigenvalue weighted by atomic mass is 10.2. The molecule has 0 unspecified atom stereocenters. The summed E-state index contributed by atoms with van der Waals surface area (Å²) in [7, 11) is 2.86. The van der Waals surface area contributed by atoms with Gasteiger partial charge in [0.2, 0.25) is 5.78 Å². The number of methoxy groups -OCH3 is 1. The van der Waals surface area contributed by atoms with E-state index in [1.54, 1.807) is 7.05 Å². The second-order valence-corrected chi connectivity index (χ2v) is 6.84. The van der Waals surface area contributed by atoms with E-state index in [0.29, 0.717) is 16.9 Å². The molecule has 1 atom stereocenters. The molecular formula is C18H25N5O4. The van der Waals surface area contributed by atoms with Gasteiger partial charge < -0.3 is 9.30 Å². The number of carbonyl (C=O) groups is 1. The van der Waals surface area contributed by atoms with Crippen LogP contribution in [0.25, 0.3) is 16.9 Å². The van der Waals surface area contributed by atoms with Gasteiger partial charge in [-0.05, 0) is 27.2 Å². The normalized spacial score (nSPS) is 12.8. The Labute approximate surface area is 155 Å². The number of rotatable bonds is 5. The molecule has 9 heteroatoms. The molecule has 0 aliphatic rings. The monoisotopic (exact) mass is 375 g/mol. The molecule has 0 radical (unpaired) electrons. The van der Waals surface area contributed by atoms with Gasteiger partial charge in [-0.15, -0.1) is 0 Å². The van der Waals surface area contributed by atoms with E-state index in [1.807, 2.05) is 18.2 Å². The first-order valence-corrected chi connectivity index (χ1v) is 9.00. The topological polar surface area (TPSA) is 92.5 Å². The maximum atomic E-state index is 13.1. The van der Waals surface area contributed by atoms with E-state index < -0.39 is 17.2 Å². The van der Waals surface area contributed by atoms with E-state index in [2.05, 4.69) is 28.1 Å². The van der Waals surface area contributed by atoms with Crippen molar-refractivity contribution in [2.45, 2.75) is 53.1 Å². The Kier molecular flexibility index (Phi) is 4.71. The summed E-state index contributed by atoms with van der Waals surface area (Å²) in [5.41, 5.74) is 1.68. The zero-order valence-corrected chi connectivity index (χ0v) is 16.6. The minimum absolute atomic E-state index is 0.0363. The Balaban J connectivity index is 2.38. The van der Waals surface area contributed by atoms with Crippen LogP contribution in [0.15, 0.2) is 9.59 Å². The summed E-state index contributed by atoms with van der Waals surface area (Å²) < 4.78 is 11.0. The number of esters is 1. The number of nitrogens with zero attached hydrogens (tertiary/aromatic N) is 5. The SMILES string of the molecule is CC[C@H](C)n1c(C)c(C)n2c3c(=O)n(CCC(=O)OC)c(=O)n(C)c3nc12. The van der Waals surface area contributed by atoms with Gasteiger partial charge in [-0.1, -0.05) is 6.92 Å². The van der Waals surface area contributed by atoms with Gasteiger partial charge in [-0.25, -0.2) is 4.79 Å². The average Bonchev–Trinajstić information content (AvgIpc) is 3.15. The molecule has 3 heterocycles. The smallest absolute Gasteiger partial charge is 0.332 e. The van der Waals surface area contributed by atoms with Crippen molar-refractivity contribution in [2.24, 2.45) is 7.05 Å². The Bertz CT molecular complexity index is 1160. The maximum Gasteiger partial charge on any atom is 0.332 e. The van der Waals surface area contributed by atoms with Crippen LogP contribution in [0, 0.1) is 13.8 Å². The van der Waals surface area contributed by atoms with Crippen LogP contribution in [0.4, 0.5) is 0 Å². The fraction of sp³-hybridized carbons (Fsp3) is 0.556. The lowest BCUT2D eigenvalue weighted by Crippen LogP contribution is -2.40. The lowest BCUT2D eigenvalue weighted by molar-refractivity contribution is -0.140. The van der Waals surface area contributed by atoms with Crippen LogP contribution >= 0.6 is 0 Å². The highest BCUT2D eigenvalue weighted by atomic mass is 16.5. The van der Waals surface area contributed by atoms with Crippen LogP contribution in [0.3, 0.4) is 0 Å². The molecule has 27 heavy (non-hydrogen) atoms. The van der Waals surface area contributed by atoms with E-state index in [1.165, 1.54) is 11.7 Å². The highest BCUT2D eigenvalue weighted by molar-refractivity contribution is 5.76. The molecule has 0 saturated carbocycles. The van der Waals surface area contributed by atoms with E-state index in [-0.39, 0.29) is 19.0 Å². The number of imidazole rings is 2. The van der Waals surface area contributed by atoms with Crippen molar-refractivity contribution in [1.29, 1.82) is 0 Å². The van der Waals surface area contributed by atoms with Crippen LogP contribution in [0.5, 0.6) is 0 Å². The number of ether oxygens (including phenoxy) is 1. The second kappa shape index (κ2) is 6.71. The molecule has 0 bridgehead atoms. The summed E-state index contributed by atoms with van der Waals surface area (Å²) in [5.74, 6) is 0.171. The number of fused-ring (bicyclic) bond motifs is 3. The second-order valence-electron chi connectivity index (χ2n) is 6.84. The van der Waals surface area contributed by atoms with Crippen LogP contribution in [0.1, 0.15) is 44.1 Å². The maximum absolute atomic E-state index is 13.1. The largest absolute Gasteiger partial charge is 0.469 e. The van der Waals surface area contributed by atoms with Gasteiger partial charge in [0.25, 0.3) is 5.56 Å². The summed E-state index contributed by atoms with van der Waals surface area (Å²) in [6, 6.07) is 0.205. The molecule has 0 aliphatic heterocycles. The third-order valence-electron chi connectivity index (χ3n) is 5.36. The molecule has 0 amide bonds. The molecule has 3 aromatic heterocycles. The van der Waals surface area contributed by atoms with Crippen molar-refractivity contribution >= 4 is 22.9 Å². The number of carbonyl (C=O) groups excluding carboxylic acids is 1. The lowest BCUT2D eigenvalue weighted by Gasteiger charge is -2.13. The first kappa shape index (κ1) is 18.9. The van der Waals surface area contributed by atoms with Crippen molar-refractivity contribution in [2.75, 3.05) is 7.11 Å². The number of hydrogen-bond donors (Lipinski definition) is 0. The number of aromatic nitrogens is 5. The first-order valence-electron chi connectivity index (χ1n) is 9.00. The molecule has 0 aliphatic carbocycles. The highest BCUT2D eigenvalue weighted by Crippen LogP contribution is 2.25. The Morgan fingerprint density at radius 1 is 1.22 bits per heavy atom. The fourth-order valence-corrected chi connectivity index (χ4v) is 3.49. The van der Waals surface area contributed by atoms with E-state index >= 15 is 0 Å². The molecule has 0 fully saturated rings. The predicted octanol–water partition coefficient (Wildman–Crippen LogP) is 1.30. The van der Waals surface area contributed by atoms with Crippen molar-refractivity contribution in [3.8, 4) is 0 Å². The van der Waals surface area contributed by atoms with Gasteiger partial charge in [-0.2, -0.15) is 4.98 Å². The first-order chi connectivity index (χ1) is 12.7. The van der Waals surface area contributed by atoms with Crippen LogP contribution < -0.4 is 11.2 Å². The van der Waals surface area contributed by atoms with Gasteiger partial charge in [0.05, 0.1) is 13.5 Å². The van der Waals surface area contributed by atoms with Crippen LogP contribution in [0.2, 0.25) is 0 Å². The zero-order valence-electron chi connectivity index (χ0n) is 16.6. The van der Waals surface area contributed by atoms with Crippen molar-refractivity contribution in [1.82, 2.24) is 23.1 Å². The van der Waals surface area contributed by atoms with Gasteiger partial charge in [0, 0.05) is 31.0 Å². The van der Waals surface area contributed by atoms with Crippen molar-refractivity contribution < 1.29 is 9.53 Å². The summed E-state index contributed by atoms with van der Waals surface area (Å²) in [4.78, 5) is 41.8. The Morgan fingerprint density at radius 3 is 2.48 bits per heavy atom. The van der Waals surface area contributed by atoms with E-state index in [9.17, 15) is 14.4 Å². The Morgan fingerprint density at radius 2 is 1.89 bits per heavy atom. The minimum Gasteiger partial charge on any atom is -0.469 e. The van der Waals surface area contributed by atoms with E-state index in [0.717, 1.165) is 22.4 Å². The Hall–Kier alpha value is -2.84. The summed E-state index contributed by atoms with van der Waals surface area (Å²) in [6.45, 7) is 8.09. The standard InChI is InChI=1S/C18H25N5O4/c1-7-10(2)22-11(3)12(4)23-14-15(19-17(22)23)20(5)18(26)21(16(14)25)9-8-13(24)27-6/h10H,7-9H2,1-6H3/t10-/m0/s1. The molecule has 0 spiro atoms. The molecule has 3 rings (SSSR count). The summed E-state index contributed by atoms with van der Waals surface area (Å²) in [5, 5.41) is 0. The number of aryl methyl sites for hydroxylation is 2.